The van der Waals surface area contributed by atoms with E-state index in [0.29, 0.717) is 82.2 Å². The molecule has 3 aliphatic heterocycles. The molecule has 4 aromatic rings. The summed E-state index contributed by atoms with van der Waals surface area (Å²) in [4.78, 5) is 4.69. The first-order chi connectivity index (χ1) is 32.4. The van der Waals surface area contributed by atoms with E-state index in [0.717, 1.165) is 55.3 Å². The fourth-order valence-corrected chi connectivity index (χ4v) is 11.5. The number of fused-ring (bicyclic) bond motifs is 8. The van der Waals surface area contributed by atoms with Crippen LogP contribution in [0.15, 0.2) is 59.1 Å². The molecule has 3 heterocycles. The summed E-state index contributed by atoms with van der Waals surface area (Å²) < 4.78 is 27.3. The molecule has 0 unspecified atom stereocenters. The number of hydrogen-bond acceptors (Lipinski definition) is 14. The van der Waals surface area contributed by atoms with E-state index in [2.05, 4.69) is 65.5 Å². The zero-order chi connectivity index (χ0) is 47.0. The standard InChI is InChI=1S/C53H67N5O9/c1-30(2)22-52(3,63)26-56-28-57-27-53(65-29-55-5)23-41-38-21-40-46(32-6-11-42-31(18-32)14-15-58-42)34(24-54-4)19-39-43(61)13-10-36(47(39)40)48(38)50-37(9-8-35(25-60)66-50)49(41)67-51(53)33-7-12-44(62)45(20-33)64-17-16-59/h6-7,10-14,18-20,30,35,40,46,51,54-57,59-63H,8-9,15-17,21-29H2,1-5H3/t35-,40-,46+,51-,52+,53+/m1/s1. The van der Waals surface area contributed by atoms with Crippen LogP contribution in [0, 0.1) is 5.92 Å². The van der Waals surface area contributed by atoms with E-state index in [-0.39, 0.29) is 55.6 Å². The molecule has 14 nitrogen and oxygen atoms in total. The molecule has 0 saturated carbocycles. The Hall–Kier alpha value is -5.03. The third-order valence-corrected chi connectivity index (χ3v) is 14.1. The van der Waals surface area contributed by atoms with Gasteiger partial charge in [0.25, 0.3) is 0 Å². The Balaban J connectivity index is 1.23. The molecule has 0 bridgehead atoms. The summed E-state index contributed by atoms with van der Waals surface area (Å²) in [7, 11) is 3.80. The van der Waals surface area contributed by atoms with Gasteiger partial charge in [-0.25, -0.2) is 0 Å². The van der Waals surface area contributed by atoms with Crippen molar-refractivity contribution >= 4 is 12.2 Å². The lowest BCUT2D eigenvalue weighted by Gasteiger charge is -2.48. The van der Waals surface area contributed by atoms with E-state index in [9.17, 15) is 25.5 Å². The van der Waals surface area contributed by atoms with Crippen LogP contribution in [-0.4, -0.2) is 116 Å². The zero-order valence-electron chi connectivity index (χ0n) is 39.4. The highest BCUT2D eigenvalue weighted by molar-refractivity contribution is 5.89. The van der Waals surface area contributed by atoms with Gasteiger partial charge < -0.3 is 60.4 Å². The number of nitrogens with one attached hydrogen (secondary N) is 4. The maximum atomic E-state index is 11.7. The normalized spacial score (nSPS) is 23.0. The number of aliphatic hydroxyl groups is 3. The van der Waals surface area contributed by atoms with Crippen molar-refractivity contribution in [1.29, 1.82) is 0 Å². The number of aliphatic hydroxyl groups excluding tert-OH is 2. The molecule has 0 fully saturated rings. The van der Waals surface area contributed by atoms with Crippen LogP contribution in [0.1, 0.15) is 90.5 Å². The van der Waals surface area contributed by atoms with E-state index in [1.807, 2.05) is 33.2 Å². The number of phenols is 2. The molecule has 0 spiro atoms. The molecule has 0 radical (unpaired) electrons. The minimum atomic E-state index is -1.06. The predicted octanol–water partition coefficient (Wildman–Crippen LogP) is 3.82. The fourth-order valence-electron chi connectivity index (χ4n) is 11.5. The van der Waals surface area contributed by atoms with Gasteiger partial charge in [0, 0.05) is 60.9 Å². The maximum absolute atomic E-state index is 11.7. The monoisotopic (exact) mass is 917 g/mol. The van der Waals surface area contributed by atoms with E-state index in [1.165, 1.54) is 11.1 Å². The van der Waals surface area contributed by atoms with Gasteiger partial charge in [0.2, 0.25) is 0 Å². The van der Waals surface area contributed by atoms with Crippen molar-refractivity contribution in [3.8, 4) is 39.9 Å². The van der Waals surface area contributed by atoms with Crippen molar-refractivity contribution in [2.75, 3.05) is 73.5 Å². The summed E-state index contributed by atoms with van der Waals surface area (Å²) in [5.74, 6) is 2.01. The highest BCUT2D eigenvalue weighted by Gasteiger charge is 2.51. The Bertz CT molecular complexity index is 2650. The van der Waals surface area contributed by atoms with Crippen molar-refractivity contribution < 1.29 is 44.5 Å². The number of hydrogen-bond donors (Lipinski definition) is 9. The van der Waals surface area contributed by atoms with E-state index < -0.39 is 23.4 Å². The van der Waals surface area contributed by atoms with E-state index >= 15 is 0 Å². The van der Waals surface area contributed by atoms with Gasteiger partial charge in [0.15, 0.2) is 17.6 Å². The molecule has 2 aliphatic carbocycles. The average molecular weight is 918 g/mol. The maximum Gasteiger partial charge on any atom is 0.161 e. The predicted molar refractivity (Wildman–Crippen MR) is 257 cm³/mol. The van der Waals surface area contributed by atoms with Gasteiger partial charge in [-0.05, 0) is 134 Å². The molecule has 0 saturated heterocycles. The molecule has 9 rings (SSSR count). The topological polar surface area (TPSA) is 199 Å². The quantitative estimate of drug-likeness (QED) is 0.0487. The zero-order valence-corrected chi connectivity index (χ0v) is 39.4. The molecular formula is C53H67N5O9. The average Bonchev–Trinajstić information content (AvgIpc) is 3.79. The number of likely N-dealkylation sites (N-methyl/N-ethyl adjacent to an activating group) is 1. The molecule has 358 valence electrons. The Labute approximate surface area is 392 Å². The molecule has 67 heavy (non-hydrogen) atoms. The number of aromatic hydroxyl groups is 2. The minimum Gasteiger partial charge on any atom is -0.507 e. The Morgan fingerprint density at radius 1 is 0.940 bits per heavy atom. The summed E-state index contributed by atoms with van der Waals surface area (Å²) in [6.45, 7) is 8.28. The highest BCUT2D eigenvalue weighted by atomic mass is 16.6. The second kappa shape index (κ2) is 19.5. The largest absolute Gasteiger partial charge is 0.507 e. The van der Waals surface area contributed by atoms with Gasteiger partial charge >= 0.3 is 0 Å². The Morgan fingerprint density at radius 3 is 2.54 bits per heavy atom. The summed E-state index contributed by atoms with van der Waals surface area (Å²) in [6, 6.07) is 15.6. The van der Waals surface area contributed by atoms with Crippen molar-refractivity contribution in [1.82, 2.24) is 21.3 Å². The lowest BCUT2D eigenvalue weighted by atomic mass is 9.62. The number of nitrogens with zero attached hydrogens (tertiary/aromatic N) is 1. The van der Waals surface area contributed by atoms with Gasteiger partial charge in [-0.2, -0.15) is 0 Å². The van der Waals surface area contributed by atoms with Crippen LogP contribution in [0.3, 0.4) is 0 Å². The van der Waals surface area contributed by atoms with Crippen molar-refractivity contribution in [2.24, 2.45) is 10.9 Å². The van der Waals surface area contributed by atoms with Gasteiger partial charge in [0.05, 0.1) is 37.4 Å². The van der Waals surface area contributed by atoms with Crippen LogP contribution in [0.4, 0.5) is 0 Å². The van der Waals surface area contributed by atoms with Crippen LogP contribution in [0.25, 0.3) is 23.3 Å². The summed E-state index contributed by atoms with van der Waals surface area (Å²) in [5.41, 5.74) is 7.98. The fraction of sp³-hybridized carbons (Fsp3) is 0.491. The second-order valence-electron chi connectivity index (χ2n) is 19.6. The van der Waals surface area contributed by atoms with Crippen molar-refractivity contribution in [3.63, 3.8) is 0 Å². The Morgan fingerprint density at radius 2 is 1.76 bits per heavy atom. The third kappa shape index (κ3) is 9.06. The first-order valence-corrected chi connectivity index (χ1v) is 23.9. The number of phenolic OH excluding ortho intramolecular Hbond substituents is 2. The first-order valence-electron chi connectivity index (χ1n) is 23.9. The minimum absolute atomic E-state index is 0.00300. The lowest BCUT2D eigenvalue weighted by Crippen LogP contribution is -2.56. The Kier molecular flexibility index (Phi) is 13.7. The van der Waals surface area contributed by atoms with Crippen molar-refractivity contribution in [3.05, 3.63) is 104 Å². The van der Waals surface area contributed by atoms with Crippen LogP contribution >= 0.6 is 0 Å². The molecule has 5 aliphatic rings. The van der Waals surface area contributed by atoms with Gasteiger partial charge in [0.1, 0.15) is 35.6 Å². The van der Waals surface area contributed by atoms with E-state index in [1.54, 1.807) is 18.2 Å². The smallest absolute Gasteiger partial charge is 0.161 e. The molecule has 0 aromatic heterocycles. The third-order valence-electron chi connectivity index (χ3n) is 14.1. The van der Waals surface area contributed by atoms with Crippen LogP contribution in [0.2, 0.25) is 0 Å². The van der Waals surface area contributed by atoms with Gasteiger partial charge in [-0.15, -0.1) is 0 Å². The van der Waals surface area contributed by atoms with Gasteiger partial charge in [-0.3, -0.25) is 10.3 Å². The molecular weight excluding hydrogens is 851 g/mol. The summed E-state index contributed by atoms with van der Waals surface area (Å²) >= 11 is 0. The molecule has 4 aromatic carbocycles. The molecule has 9 N–H and O–H groups in total. The van der Waals surface area contributed by atoms with Crippen LogP contribution < -0.4 is 46.1 Å². The van der Waals surface area contributed by atoms with Crippen molar-refractivity contribution in [2.45, 2.75) is 88.1 Å². The molecule has 14 heteroatoms. The van der Waals surface area contributed by atoms with E-state index in [4.69, 9.17) is 23.9 Å². The molecule has 0 amide bonds. The van der Waals surface area contributed by atoms with Gasteiger partial charge in [-0.1, -0.05) is 38.1 Å². The number of ether oxygens (including phenoxy) is 4. The second-order valence-corrected chi connectivity index (χ2v) is 19.6. The lowest BCUT2D eigenvalue weighted by molar-refractivity contribution is -0.129. The summed E-state index contributed by atoms with van der Waals surface area (Å²) in [5, 5.41) is 69.8. The highest BCUT2D eigenvalue weighted by Crippen LogP contribution is 2.61. The number of benzene rings is 4. The van der Waals surface area contributed by atoms with Crippen LogP contribution in [-0.2, 0) is 24.0 Å². The van der Waals surface area contributed by atoms with Crippen LogP contribution in [0.5, 0.6) is 28.7 Å². The number of rotatable bonds is 19. The SMILES string of the molecule is CNCO[C@]1(CNCNC[C@@](C)(O)CC(C)C)Cc2c3c(c4c(c2O[C@@H]1c1ccc(O)c(OCCO)c1)CC[C@H](CO)O4)-c1ccc(O)c2c1[C@H](C3)[C@@H](c1ccc3c(c1)=CCN=3)C(CNC)=C2. The first kappa shape index (κ1) is 47.1. The molecule has 6 atom stereocenters. The summed E-state index contributed by atoms with van der Waals surface area (Å²) in [6.07, 6.45) is 6.06.